The minimum Gasteiger partial charge on any atom is -0.392 e. The van der Waals surface area contributed by atoms with Crippen LogP contribution < -0.4 is 5.32 Å². The second kappa shape index (κ2) is 5.82. The van der Waals surface area contributed by atoms with Crippen LogP contribution in [0.5, 0.6) is 0 Å². The molecule has 2 fully saturated rings. The molecule has 2 N–H and O–H groups in total. The largest absolute Gasteiger partial charge is 0.392 e. The van der Waals surface area contributed by atoms with E-state index in [1.54, 1.807) is 0 Å². The minimum atomic E-state index is -0.145. The fourth-order valence-corrected chi connectivity index (χ4v) is 3.71. The molecule has 2 atom stereocenters. The van der Waals surface area contributed by atoms with Crippen molar-refractivity contribution in [3.8, 4) is 0 Å². The van der Waals surface area contributed by atoms with Crippen molar-refractivity contribution in [3.05, 3.63) is 34.9 Å². The highest BCUT2D eigenvalue weighted by Crippen LogP contribution is 2.40. The first-order valence-electron chi connectivity index (χ1n) is 7.42. The average molecular weight is 280 g/mol. The maximum atomic E-state index is 9.98. The molecule has 0 radical (unpaired) electrons. The van der Waals surface area contributed by atoms with Crippen molar-refractivity contribution >= 4 is 11.6 Å². The van der Waals surface area contributed by atoms with E-state index in [0.29, 0.717) is 18.0 Å². The molecule has 3 rings (SSSR count). The average Bonchev–Trinajstić information content (AvgIpc) is 2.37. The van der Waals surface area contributed by atoms with Crippen molar-refractivity contribution in [2.45, 2.75) is 62.6 Å². The molecule has 0 heterocycles. The fraction of sp³-hybridized carbons (Fsp3) is 0.625. The quantitative estimate of drug-likeness (QED) is 0.888. The number of benzene rings is 1. The molecule has 104 valence electrons. The first kappa shape index (κ1) is 13.4. The molecule has 2 saturated carbocycles. The van der Waals surface area contributed by atoms with Gasteiger partial charge < -0.3 is 10.4 Å². The zero-order valence-electron chi connectivity index (χ0n) is 11.2. The van der Waals surface area contributed by atoms with Gasteiger partial charge in [-0.15, -0.1) is 0 Å². The lowest BCUT2D eigenvalue weighted by atomic mass is 9.75. The van der Waals surface area contributed by atoms with Crippen LogP contribution >= 0.6 is 11.6 Å². The molecule has 0 spiro atoms. The van der Waals surface area contributed by atoms with E-state index in [1.165, 1.54) is 18.4 Å². The van der Waals surface area contributed by atoms with Crippen LogP contribution in [0.25, 0.3) is 0 Å². The molecule has 2 unspecified atom stereocenters. The van der Waals surface area contributed by atoms with Crippen LogP contribution in [0.2, 0.25) is 5.02 Å². The van der Waals surface area contributed by atoms with E-state index in [2.05, 4.69) is 17.4 Å². The topological polar surface area (TPSA) is 32.3 Å². The highest BCUT2D eigenvalue weighted by molar-refractivity contribution is 6.31. The van der Waals surface area contributed by atoms with E-state index < -0.39 is 0 Å². The van der Waals surface area contributed by atoms with Crippen LogP contribution in [0.15, 0.2) is 24.3 Å². The summed E-state index contributed by atoms with van der Waals surface area (Å²) in [6.45, 7) is 0. The second-order valence-electron chi connectivity index (χ2n) is 6.01. The van der Waals surface area contributed by atoms with Gasteiger partial charge in [0.1, 0.15) is 0 Å². The van der Waals surface area contributed by atoms with E-state index in [0.717, 1.165) is 30.7 Å². The SMILES string of the molecule is OC1CCCCC1NC1CC(c2ccccc2Cl)C1. The van der Waals surface area contributed by atoms with Gasteiger partial charge in [0.25, 0.3) is 0 Å². The molecule has 2 aliphatic carbocycles. The molecule has 0 aromatic heterocycles. The zero-order chi connectivity index (χ0) is 13.2. The van der Waals surface area contributed by atoms with Crippen LogP contribution in [0, 0.1) is 0 Å². The summed E-state index contributed by atoms with van der Waals surface area (Å²) in [5, 5.41) is 14.5. The summed E-state index contributed by atoms with van der Waals surface area (Å²) in [6.07, 6.45) is 6.64. The predicted molar refractivity (Wildman–Crippen MR) is 78.6 cm³/mol. The van der Waals surface area contributed by atoms with Crippen molar-refractivity contribution in [2.75, 3.05) is 0 Å². The third-order valence-corrected chi connectivity index (χ3v) is 5.01. The summed E-state index contributed by atoms with van der Waals surface area (Å²) < 4.78 is 0. The molecular weight excluding hydrogens is 258 g/mol. The van der Waals surface area contributed by atoms with Crippen molar-refractivity contribution < 1.29 is 5.11 Å². The molecule has 1 aromatic carbocycles. The Morgan fingerprint density at radius 3 is 2.58 bits per heavy atom. The van der Waals surface area contributed by atoms with Gasteiger partial charge in [0.2, 0.25) is 0 Å². The van der Waals surface area contributed by atoms with Gasteiger partial charge in [0, 0.05) is 17.1 Å². The maximum Gasteiger partial charge on any atom is 0.0693 e. The Hall–Kier alpha value is -0.570. The number of hydrogen-bond acceptors (Lipinski definition) is 2. The first-order chi connectivity index (χ1) is 9.24. The van der Waals surface area contributed by atoms with Gasteiger partial charge in [-0.2, -0.15) is 0 Å². The van der Waals surface area contributed by atoms with Crippen LogP contribution in [-0.2, 0) is 0 Å². The van der Waals surface area contributed by atoms with E-state index in [-0.39, 0.29) is 6.10 Å². The molecule has 0 amide bonds. The van der Waals surface area contributed by atoms with Gasteiger partial charge in [0.15, 0.2) is 0 Å². The van der Waals surface area contributed by atoms with Crippen molar-refractivity contribution in [3.63, 3.8) is 0 Å². The summed E-state index contributed by atoms with van der Waals surface area (Å²) in [6, 6.07) is 9.03. The normalized spacial score (nSPS) is 34.8. The van der Waals surface area contributed by atoms with Gasteiger partial charge in [0.05, 0.1) is 6.10 Å². The number of halogens is 1. The number of nitrogens with one attached hydrogen (secondary N) is 1. The molecular formula is C16H22ClNO. The van der Waals surface area contributed by atoms with E-state index in [4.69, 9.17) is 11.6 Å². The summed E-state index contributed by atoms with van der Waals surface area (Å²) >= 11 is 6.23. The highest BCUT2D eigenvalue weighted by atomic mass is 35.5. The van der Waals surface area contributed by atoms with Crippen LogP contribution in [0.1, 0.15) is 50.0 Å². The van der Waals surface area contributed by atoms with Gasteiger partial charge in [-0.05, 0) is 43.2 Å². The second-order valence-corrected chi connectivity index (χ2v) is 6.42. The van der Waals surface area contributed by atoms with Crippen molar-refractivity contribution in [2.24, 2.45) is 0 Å². The smallest absolute Gasteiger partial charge is 0.0693 e. The van der Waals surface area contributed by atoms with Crippen molar-refractivity contribution in [1.29, 1.82) is 0 Å². The molecule has 0 saturated heterocycles. The standard InChI is InChI=1S/C16H22ClNO/c17-14-6-2-1-5-13(14)11-9-12(10-11)18-15-7-3-4-8-16(15)19/h1-2,5-6,11-12,15-16,18-19H,3-4,7-10H2. The molecule has 0 aliphatic heterocycles. The summed E-state index contributed by atoms with van der Waals surface area (Å²) in [4.78, 5) is 0. The fourth-order valence-electron chi connectivity index (χ4n) is 3.42. The third kappa shape index (κ3) is 2.96. The van der Waals surface area contributed by atoms with Gasteiger partial charge in [-0.1, -0.05) is 42.6 Å². The summed E-state index contributed by atoms with van der Waals surface area (Å²) in [5.41, 5.74) is 1.28. The Morgan fingerprint density at radius 2 is 1.84 bits per heavy atom. The Morgan fingerprint density at radius 1 is 1.11 bits per heavy atom. The lowest BCUT2D eigenvalue weighted by Gasteiger charge is -2.41. The van der Waals surface area contributed by atoms with Gasteiger partial charge in [-0.3, -0.25) is 0 Å². The summed E-state index contributed by atoms with van der Waals surface area (Å²) in [5.74, 6) is 0.590. The molecule has 0 bridgehead atoms. The van der Waals surface area contributed by atoms with Crippen LogP contribution in [-0.4, -0.2) is 23.3 Å². The Bertz CT molecular complexity index is 431. The first-order valence-corrected chi connectivity index (χ1v) is 7.80. The van der Waals surface area contributed by atoms with Crippen molar-refractivity contribution in [1.82, 2.24) is 5.32 Å². The number of hydrogen-bond donors (Lipinski definition) is 2. The van der Waals surface area contributed by atoms with Crippen LogP contribution in [0.3, 0.4) is 0 Å². The van der Waals surface area contributed by atoms with Gasteiger partial charge >= 0.3 is 0 Å². The molecule has 2 nitrogen and oxygen atoms in total. The summed E-state index contributed by atoms with van der Waals surface area (Å²) in [7, 11) is 0. The molecule has 1 aromatic rings. The number of aliphatic hydroxyl groups excluding tert-OH is 1. The minimum absolute atomic E-state index is 0.145. The Balaban J connectivity index is 1.51. The third-order valence-electron chi connectivity index (χ3n) is 4.66. The Labute approximate surface area is 120 Å². The number of rotatable bonds is 3. The molecule has 19 heavy (non-hydrogen) atoms. The van der Waals surface area contributed by atoms with E-state index in [9.17, 15) is 5.11 Å². The molecule has 2 aliphatic rings. The van der Waals surface area contributed by atoms with Crippen LogP contribution in [0.4, 0.5) is 0 Å². The number of aliphatic hydroxyl groups is 1. The zero-order valence-corrected chi connectivity index (χ0v) is 11.9. The monoisotopic (exact) mass is 279 g/mol. The molecule has 3 heteroatoms. The Kier molecular flexibility index (Phi) is 4.11. The lowest BCUT2D eigenvalue weighted by Crippen LogP contribution is -2.51. The maximum absolute atomic E-state index is 9.98. The van der Waals surface area contributed by atoms with E-state index in [1.807, 2.05) is 12.1 Å². The van der Waals surface area contributed by atoms with E-state index >= 15 is 0 Å². The lowest BCUT2D eigenvalue weighted by molar-refractivity contribution is 0.0751. The van der Waals surface area contributed by atoms with Gasteiger partial charge in [-0.25, -0.2) is 0 Å². The highest BCUT2D eigenvalue weighted by Gasteiger charge is 2.34. The predicted octanol–water partition coefficient (Wildman–Crippen LogP) is 3.48.